The first-order valence-electron chi connectivity index (χ1n) is 11.1. The number of halogens is 3. The molecule has 1 saturated heterocycles. The average molecular weight is 517 g/mol. The Kier molecular flexibility index (Phi) is 5.80. The van der Waals surface area contributed by atoms with E-state index in [1.165, 1.54) is 17.6 Å². The molecule has 1 aliphatic heterocycles. The van der Waals surface area contributed by atoms with Gasteiger partial charge in [0.15, 0.2) is 5.82 Å². The highest BCUT2D eigenvalue weighted by Gasteiger charge is 2.36. The van der Waals surface area contributed by atoms with Crippen molar-refractivity contribution in [1.29, 1.82) is 0 Å². The van der Waals surface area contributed by atoms with Gasteiger partial charge in [0, 0.05) is 37.3 Å². The number of fused-ring (bicyclic) bond motifs is 2. The van der Waals surface area contributed by atoms with Crippen molar-refractivity contribution in [3.8, 4) is 11.3 Å². The highest BCUT2D eigenvalue weighted by molar-refractivity contribution is 7.11. The molecule has 0 bridgehead atoms. The predicted octanol–water partition coefficient (Wildman–Crippen LogP) is 6.50. The Morgan fingerprint density at radius 1 is 1.23 bits per heavy atom. The molecule has 0 atom stereocenters. The second-order valence-electron chi connectivity index (χ2n) is 9.59. The number of amides is 1. The number of likely N-dealkylation sites (N-methyl/N-ethyl adjacent to an activating group) is 1. The molecule has 35 heavy (non-hydrogen) atoms. The van der Waals surface area contributed by atoms with E-state index in [0.717, 1.165) is 5.00 Å². The van der Waals surface area contributed by atoms with E-state index in [1.807, 2.05) is 25.7 Å². The normalized spacial score (nSPS) is 14.4. The molecule has 0 radical (unpaired) electrons. The molecule has 2 aromatic heterocycles. The molecule has 1 aliphatic rings. The van der Waals surface area contributed by atoms with Crippen LogP contribution in [-0.2, 0) is 4.74 Å². The lowest BCUT2D eigenvalue weighted by atomic mass is 10.0. The van der Waals surface area contributed by atoms with Crippen molar-refractivity contribution in [3.63, 3.8) is 0 Å². The molecule has 6 nitrogen and oxygen atoms in total. The Morgan fingerprint density at radius 2 is 1.97 bits per heavy atom. The monoisotopic (exact) mass is 516 g/mol. The average Bonchev–Trinajstić information content (AvgIpc) is 3.19. The number of anilines is 1. The van der Waals surface area contributed by atoms with Crippen LogP contribution in [0.3, 0.4) is 0 Å². The number of ether oxygens (including phenoxy) is 1. The van der Waals surface area contributed by atoms with Gasteiger partial charge in [0.1, 0.15) is 27.6 Å². The van der Waals surface area contributed by atoms with Gasteiger partial charge in [-0.05, 0) is 43.8 Å². The van der Waals surface area contributed by atoms with E-state index in [4.69, 9.17) is 16.3 Å². The number of hydrogen-bond acceptors (Lipinski definition) is 6. The van der Waals surface area contributed by atoms with E-state index in [2.05, 4.69) is 9.36 Å². The first kappa shape index (κ1) is 23.7. The third-order valence-electron chi connectivity index (χ3n) is 6.02. The molecule has 1 amide bonds. The van der Waals surface area contributed by atoms with Gasteiger partial charge in [-0.3, -0.25) is 4.98 Å². The molecule has 0 saturated carbocycles. The zero-order valence-corrected chi connectivity index (χ0v) is 21.2. The van der Waals surface area contributed by atoms with Crippen LogP contribution >= 0.6 is 23.1 Å². The number of carbonyl (C=O) groups is 1. The van der Waals surface area contributed by atoms with Gasteiger partial charge in [0.05, 0.1) is 16.5 Å². The van der Waals surface area contributed by atoms with Crippen LogP contribution in [0.25, 0.3) is 32.9 Å². The fourth-order valence-corrected chi connectivity index (χ4v) is 5.28. The number of pyridine rings is 1. The number of nitrogens with zero attached hydrogens (tertiary/aromatic N) is 4. The minimum atomic E-state index is -0.583. The van der Waals surface area contributed by atoms with Crippen LogP contribution in [0, 0.1) is 11.6 Å². The summed E-state index contributed by atoms with van der Waals surface area (Å²) in [7, 11) is 1.71. The molecule has 5 rings (SSSR count). The lowest BCUT2D eigenvalue weighted by molar-refractivity contribution is 0.0197. The van der Waals surface area contributed by atoms with Crippen molar-refractivity contribution in [2.24, 2.45) is 0 Å². The largest absolute Gasteiger partial charge is 0.444 e. The molecule has 4 aromatic rings. The van der Waals surface area contributed by atoms with Crippen LogP contribution in [0.4, 0.5) is 18.6 Å². The SMILES string of the molecule is CN(C(=O)OC(C)(C)C)C1CN(c2snc3c(F)c(-c4cccc5ccc(F)c(Cl)c45)ncc23)C1. The maximum absolute atomic E-state index is 15.6. The van der Waals surface area contributed by atoms with E-state index >= 15 is 4.39 Å². The minimum absolute atomic E-state index is 0.0215. The number of carbonyl (C=O) groups excluding carboxylic acids is 1. The van der Waals surface area contributed by atoms with Gasteiger partial charge in [-0.2, -0.15) is 4.37 Å². The van der Waals surface area contributed by atoms with E-state index < -0.39 is 17.2 Å². The van der Waals surface area contributed by atoms with Crippen molar-refractivity contribution in [3.05, 3.63) is 53.2 Å². The molecule has 1 fully saturated rings. The number of rotatable bonds is 3. The van der Waals surface area contributed by atoms with Gasteiger partial charge in [0.2, 0.25) is 0 Å². The van der Waals surface area contributed by atoms with E-state index in [-0.39, 0.29) is 28.4 Å². The van der Waals surface area contributed by atoms with Crippen LogP contribution in [0.2, 0.25) is 5.02 Å². The Hall–Kier alpha value is -3.04. The predicted molar refractivity (Wildman–Crippen MR) is 135 cm³/mol. The summed E-state index contributed by atoms with van der Waals surface area (Å²) in [4.78, 5) is 20.4. The number of aromatic nitrogens is 2. The van der Waals surface area contributed by atoms with Crippen LogP contribution in [-0.4, -0.2) is 52.1 Å². The van der Waals surface area contributed by atoms with E-state index in [9.17, 15) is 9.18 Å². The quantitative estimate of drug-likeness (QED) is 0.311. The summed E-state index contributed by atoms with van der Waals surface area (Å²) in [5.41, 5.74) is 0.106. The lowest BCUT2D eigenvalue weighted by Crippen LogP contribution is -2.60. The van der Waals surface area contributed by atoms with Gasteiger partial charge >= 0.3 is 6.09 Å². The van der Waals surface area contributed by atoms with E-state index in [0.29, 0.717) is 34.8 Å². The highest BCUT2D eigenvalue weighted by atomic mass is 35.5. The number of benzene rings is 2. The Balaban J connectivity index is 1.43. The Morgan fingerprint density at radius 3 is 2.69 bits per heavy atom. The summed E-state index contributed by atoms with van der Waals surface area (Å²) >= 11 is 7.42. The molecule has 0 unspecified atom stereocenters. The second kappa shape index (κ2) is 8.57. The Bertz CT molecular complexity index is 1460. The molecule has 0 aliphatic carbocycles. The summed E-state index contributed by atoms with van der Waals surface area (Å²) in [5, 5.41) is 2.40. The molecule has 3 heterocycles. The van der Waals surface area contributed by atoms with E-state index in [1.54, 1.807) is 42.4 Å². The first-order chi connectivity index (χ1) is 16.5. The summed E-state index contributed by atoms with van der Waals surface area (Å²) in [5.74, 6) is -1.16. The van der Waals surface area contributed by atoms with Gasteiger partial charge < -0.3 is 14.5 Å². The zero-order valence-electron chi connectivity index (χ0n) is 19.6. The third kappa shape index (κ3) is 4.16. The van der Waals surface area contributed by atoms with Crippen molar-refractivity contribution >= 4 is 55.9 Å². The maximum Gasteiger partial charge on any atom is 0.410 e. The van der Waals surface area contributed by atoms with Crippen LogP contribution in [0.5, 0.6) is 0 Å². The fourth-order valence-electron chi connectivity index (χ4n) is 4.13. The molecule has 0 N–H and O–H groups in total. The minimum Gasteiger partial charge on any atom is -0.444 e. The summed E-state index contributed by atoms with van der Waals surface area (Å²) in [6, 6.07) is 8.08. The lowest BCUT2D eigenvalue weighted by Gasteiger charge is -2.44. The van der Waals surface area contributed by atoms with Gasteiger partial charge in [-0.1, -0.05) is 35.9 Å². The molecule has 0 spiro atoms. The standard InChI is InChI=1S/C25H23ClF2N4O2S/c1-25(2,3)34-24(33)31(4)14-11-32(12-14)23-16-10-29-21(20(28)22(16)30-35-23)15-7-5-6-13-8-9-17(27)19(26)18(13)15/h5-10,14H,11-12H2,1-4H3. The van der Waals surface area contributed by atoms with Gasteiger partial charge in [0.25, 0.3) is 0 Å². The summed E-state index contributed by atoms with van der Waals surface area (Å²) in [6.45, 7) is 6.64. The third-order valence-corrected chi connectivity index (χ3v) is 7.31. The molecule has 182 valence electrons. The highest BCUT2D eigenvalue weighted by Crippen LogP contribution is 2.40. The van der Waals surface area contributed by atoms with Gasteiger partial charge in [-0.25, -0.2) is 13.6 Å². The summed E-state index contributed by atoms with van der Waals surface area (Å²) in [6.07, 6.45) is 1.21. The second-order valence-corrected chi connectivity index (χ2v) is 10.7. The molecular formula is C25H23ClF2N4O2S. The van der Waals surface area contributed by atoms with Crippen molar-refractivity contribution in [2.75, 3.05) is 25.0 Å². The van der Waals surface area contributed by atoms with Gasteiger partial charge in [-0.15, -0.1) is 0 Å². The van der Waals surface area contributed by atoms with Crippen LogP contribution in [0.1, 0.15) is 20.8 Å². The molecule has 2 aromatic carbocycles. The first-order valence-corrected chi connectivity index (χ1v) is 12.2. The molecular weight excluding hydrogens is 494 g/mol. The van der Waals surface area contributed by atoms with Crippen LogP contribution in [0.15, 0.2) is 36.5 Å². The Labute approximate surface area is 210 Å². The maximum atomic E-state index is 15.6. The van der Waals surface area contributed by atoms with Crippen molar-refractivity contribution in [1.82, 2.24) is 14.3 Å². The van der Waals surface area contributed by atoms with Crippen molar-refractivity contribution < 1.29 is 18.3 Å². The topological polar surface area (TPSA) is 58.6 Å². The number of hydrogen-bond donors (Lipinski definition) is 0. The smallest absolute Gasteiger partial charge is 0.410 e. The van der Waals surface area contributed by atoms with Crippen molar-refractivity contribution in [2.45, 2.75) is 32.4 Å². The fraction of sp³-hybridized carbons (Fsp3) is 0.320. The summed E-state index contributed by atoms with van der Waals surface area (Å²) < 4.78 is 39.6. The zero-order chi connectivity index (χ0) is 25.1. The van der Waals surface area contributed by atoms with Crippen LogP contribution < -0.4 is 4.90 Å². The molecule has 10 heteroatoms.